The van der Waals surface area contributed by atoms with Gasteiger partial charge in [-0.2, -0.15) is 5.10 Å². The van der Waals surface area contributed by atoms with Gasteiger partial charge in [-0.1, -0.05) is 0 Å². The van der Waals surface area contributed by atoms with Crippen LogP contribution in [0.15, 0.2) is 24.8 Å². The fourth-order valence-corrected chi connectivity index (χ4v) is 3.07. The van der Waals surface area contributed by atoms with Crippen LogP contribution in [0.25, 0.3) is 0 Å². The minimum Gasteiger partial charge on any atom is -0.348 e. The van der Waals surface area contributed by atoms with Crippen molar-refractivity contribution in [1.29, 1.82) is 0 Å². The van der Waals surface area contributed by atoms with E-state index in [1.807, 2.05) is 17.9 Å². The first-order valence-electron chi connectivity index (χ1n) is 8.40. The SMILES string of the molecule is Cc1c(CN2CCC[C@H](NC(=O)c3cnccn3)CC2)cnn1C. The Hall–Kier alpha value is -2.28. The lowest BCUT2D eigenvalue weighted by atomic mass is 10.1. The zero-order valence-corrected chi connectivity index (χ0v) is 14.3. The van der Waals surface area contributed by atoms with E-state index in [9.17, 15) is 4.79 Å². The molecule has 7 heteroatoms. The molecule has 1 amide bonds. The third-order valence-electron chi connectivity index (χ3n) is 4.68. The first kappa shape index (κ1) is 16.6. The van der Waals surface area contributed by atoms with Gasteiger partial charge in [0.1, 0.15) is 5.69 Å². The van der Waals surface area contributed by atoms with Gasteiger partial charge in [0.2, 0.25) is 0 Å². The minimum atomic E-state index is -0.135. The molecule has 1 aliphatic rings. The lowest BCUT2D eigenvalue weighted by Gasteiger charge is -2.20. The van der Waals surface area contributed by atoms with Gasteiger partial charge < -0.3 is 5.32 Å². The Bertz CT molecular complexity index is 684. The van der Waals surface area contributed by atoms with Crippen molar-refractivity contribution in [3.63, 3.8) is 0 Å². The van der Waals surface area contributed by atoms with Crippen molar-refractivity contribution >= 4 is 5.91 Å². The zero-order chi connectivity index (χ0) is 16.9. The Morgan fingerprint density at radius 1 is 1.29 bits per heavy atom. The van der Waals surface area contributed by atoms with Crippen LogP contribution in [0.4, 0.5) is 0 Å². The number of hydrogen-bond donors (Lipinski definition) is 1. The molecule has 0 spiro atoms. The molecular formula is C17H24N6O. The van der Waals surface area contributed by atoms with Gasteiger partial charge in [0.15, 0.2) is 0 Å². The molecule has 3 heterocycles. The third-order valence-corrected chi connectivity index (χ3v) is 4.68. The molecule has 1 N–H and O–H groups in total. The van der Waals surface area contributed by atoms with Crippen LogP contribution in [0.1, 0.15) is 41.0 Å². The summed E-state index contributed by atoms with van der Waals surface area (Å²) in [6.45, 7) is 5.04. The molecule has 2 aromatic rings. The summed E-state index contributed by atoms with van der Waals surface area (Å²) in [6, 6.07) is 0.194. The number of rotatable bonds is 4. The van der Waals surface area contributed by atoms with E-state index in [0.29, 0.717) is 5.69 Å². The van der Waals surface area contributed by atoms with Crippen LogP contribution in [0.5, 0.6) is 0 Å². The molecule has 1 atom stereocenters. The number of aromatic nitrogens is 4. The second kappa shape index (κ2) is 7.53. The summed E-state index contributed by atoms with van der Waals surface area (Å²) in [5.41, 5.74) is 2.87. The smallest absolute Gasteiger partial charge is 0.271 e. The fraction of sp³-hybridized carbons (Fsp3) is 0.529. The molecule has 0 aromatic carbocycles. The highest BCUT2D eigenvalue weighted by molar-refractivity contribution is 5.92. The number of nitrogens with one attached hydrogen (secondary N) is 1. The summed E-state index contributed by atoms with van der Waals surface area (Å²) in [7, 11) is 1.97. The van der Waals surface area contributed by atoms with E-state index in [2.05, 4.69) is 32.2 Å². The van der Waals surface area contributed by atoms with Crippen LogP contribution >= 0.6 is 0 Å². The standard InChI is InChI=1S/C17H24N6O/c1-13-14(10-20-22(13)2)12-23-8-3-4-15(5-9-23)21-17(24)16-11-18-6-7-19-16/h6-7,10-11,15H,3-5,8-9,12H2,1-2H3,(H,21,24)/t15-/m0/s1. The van der Waals surface area contributed by atoms with Crippen molar-refractivity contribution in [2.24, 2.45) is 7.05 Å². The highest BCUT2D eigenvalue weighted by Gasteiger charge is 2.20. The molecule has 1 saturated heterocycles. The van der Waals surface area contributed by atoms with E-state index in [4.69, 9.17) is 0 Å². The van der Waals surface area contributed by atoms with Gasteiger partial charge in [0.25, 0.3) is 5.91 Å². The second-order valence-corrected chi connectivity index (χ2v) is 6.35. The summed E-state index contributed by atoms with van der Waals surface area (Å²) in [5, 5.41) is 7.40. The van der Waals surface area contributed by atoms with Gasteiger partial charge in [-0.3, -0.25) is 19.4 Å². The van der Waals surface area contributed by atoms with Crippen LogP contribution < -0.4 is 5.32 Å². The van der Waals surface area contributed by atoms with E-state index in [1.54, 1.807) is 12.4 Å². The topological polar surface area (TPSA) is 75.9 Å². The quantitative estimate of drug-likeness (QED) is 0.915. The number of nitrogens with zero attached hydrogens (tertiary/aromatic N) is 5. The molecular weight excluding hydrogens is 304 g/mol. The van der Waals surface area contributed by atoms with Crippen molar-refractivity contribution in [3.05, 3.63) is 41.7 Å². The molecule has 0 saturated carbocycles. The number of amides is 1. The monoisotopic (exact) mass is 328 g/mol. The van der Waals surface area contributed by atoms with E-state index in [-0.39, 0.29) is 11.9 Å². The van der Waals surface area contributed by atoms with Crippen LogP contribution in [0.3, 0.4) is 0 Å². The molecule has 0 bridgehead atoms. The Labute approximate surface area is 142 Å². The van der Waals surface area contributed by atoms with Crippen molar-refractivity contribution in [2.45, 2.75) is 38.8 Å². The predicted molar refractivity (Wildman–Crippen MR) is 90.4 cm³/mol. The molecule has 2 aromatic heterocycles. The maximum absolute atomic E-state index is 12.2. The molecule has 24 heavy (non-hydrogen) atoms. The van der Waals surface area contributed by atoms with E-state index in [1.165, 1.54) is 17.5 Å². The largest absolute Gasteiger partial charge is 0.348 e. The fourth-order valence-electron chi connectivity index (χ4n) is 3.07. The Kier molecular flexibility index (Phi) is 5.20. The zero-order valence-electron chi connectivity index (χ0n) is 14.3. The highest BCUT2D eigenvalue weighted by atomic mass is 16.1. The molecule has 0 aliphatic carbocycles. The summed E-state index contributed by atoms with van der Waals surface area (Å²) >= 11 is 0. The van der Waals surface area contributed by atoms with E-state index < -0.39 is 0 Å². The van der Waals surface area contributed by atoms with Crippen LogP contribution in [0, 0.1) is 6.92 Å². The van der Waals surface area contributed by atoms with Gasteiger partial charge in [0.05, 0.1) is 12.4 Å². The molecule has 0 radical (unpaired) electrons. The predicted octanol–water partition coefficient (Wildman–Crippen LogP) is 1.30. The maximum atomic E-state index is 12.2. The molecule has 0 unspecified atom stereocenters. The van der Waals surface area contributed by atoms with E-state index >= 15 is 0 Å². The molecule has 128 valence electrons. The maximum Gasteiger partial charge on any atom is 0.271 e. The number of aryl methyl sites for hydroxylation is 1. The molecule has 1 fully saturated rings. The highest BCUT2D eigenvalue weighted by Crippen LogP contribution is 2.16. The molecule has 3 rings (SSSR count). The second-order valence-electron chi connectivity index (χ2n) is 6.35. The number of carbonyl (C=O) groups excluding carboxylic acids is 1. The average Bonchev–Trinajstić information content (AvgIpc) is 2.78. The summed E-state index contributed by atoms with van der Waals surface area (Å²) < 4.78 is 1.91. The molecule has 7 nitrogen and oxygen atoms in total. The first-order valence-corrected chi connectivity index (χ1v) is 8.40. The summed E-state index contributed by atoms with van der Waals surface area (Å²) in [6.07, 6.45) is 9.59. The number of hydrogen-bond acceptors (Lipinski definition) is 5. The van der Waals surface area contributed by atoms with E-state index in [0.717, 1.165) is 38.9 Å². The lowest BCUT2D eigenvalue weighted by molar-refractivity contribution is 0.0927. The first-order chi connectivity index (χ1) is 11.6. The summed E-state index contributed by atoms with van der Waals surface area (Å²) in [5.74, 6) is -0.135. The van der Waals surface area contributed by atoms with Gasteiger partial charge in [0, 0.05) is 49.8 Å². The Morgan fingerprint density at radius 3 is 2.88 bits per heavy atom. The lowest BCUT2D eigenvalue weighted by Crippen LogP contribution is -2.36. The average molecular weight is 328 g/mol. The van der Waals surface area contributed by atoms with Crippen LogP contribution in [0.2, 0.25) is 0 Å². The number of carbonyl (C=O) groups is 1. The normalized spacial score (nSPS) is 19.0. The summed E-state index contributed by atoms with van der Waals surface area (Å²) in [4.78, 5) is 22.7. The Morgan fingerprint density at radius 2 is 2.17 bits per heavy atom. The van der Waals surface area contributed by atoms with Gasteiger partial charge in [-0.15, -0.1) is 0 Å². The van der Waals surface area contributed by atoms with Crippen LogP contribution in [-0.2, 0) is 13.6 Å². The van der Waals surface area contributed by atoms with Gasteiger partial charge in [-0.05, 0) is 32.7 Å². The van der Waals surface area contributed by atoms with Crippen molar-refractivity contribution in [3.8, 4) is 0 Å². The minimum absolute atomic E-state index is 0.135. The third kappa shape index (κ3) is 3.97. The Balaban J connectivity index is 1.53. The van der Waals surface area contributed by atoms with Crippen molar-refractivity contribution < 1.29 is 4.79 Å². The van der Waals surface area contributed by atoms with Gasteiger partial charge >= 0.3 is 0 Å². The van der Waals surface area contributed by atoms with Crippen molar-refractivity contribution in [1.82, 2.24) is 30.0 Å². The van der Waals surface area contributed by atoms with Crippen LogP contribution in [-0.4, -0.2) is 49.7 Å². The van der Waals surface area contributed by atoms with Crippen molar-refractivity contribution in [2.75, 3.05) is 13.1 Å². The van der Waals surface area contributed by atoms with Gasteiger partial charge in [-0.25, -0.2) is 4.98 Å². The number of likely N-dealkylation sites (tertiary alicyclic amines) is 1. The molecule has 1 aliphatic heterocycles.